The molecule has 1 aliphatic rings. The van der Waals surface area contributed by atoms with Crippen molar-refractivity contribution in [3.05, 3.63) is 36.4 Å². The van der Waals surface area contributed by atoms with E-state index in [4.69, 9.17) is 0 Å². The fourth-order valence-electron chi connectivity index (χ4n) is 3.64. The third kappa shape index (κ3) is 6.94. The Labute approximate surface area is 204 Å². The van der Waals surface area contributed by atoms with E-state index in [2.05, 4.69) is 23.5 Å². The number of thiophene rings is 1. The van der Waals surface area contributed by atoms with E-state index in [1.54, 1.807) is 12.1 Å². The van der Waals surface area contributed by atoms with Gasteiger partial charge in [-0.05, 0) is 57.4 Å². The first-order chi connectivity index (χ1) is 15.5. The SMILES string of the molecule is CC.CC.CC1CCCC(C)N1c1ccccc1NS(=O)(=O)c1ccc(S(=O)(=O)N(C)C)s1. The van der Waals surface area contributed by atoms with E-state index in [-0.39, 0.29) is 8.42 Å². The highest BCUT2D eigenvalue weighted by atomic mass is 32.3. The van der Waals surface area contributed by atoms with E-state index in [0.717, 1.165) is 40.6 Å². The molecule has 1 aromatic carbocycles. The quantitative estimate of drug-likeness (QED) is 0.537. The Hall–Kier alpha value is -1.62. The topological polar surface area (TPSA) is 86.8 Å². The van der Waals surface area contributed by atoms with Gasteiger partial charge in [-0.3, -0.25) is 4.72 Å². The molecule has 33 heavy (non-hydrogen) atoms. The van der Waals surface area contributed by atoms with Crippen molar-refractivity contribution in [2.45, 2.75) is 81.3 Å². The van der Waals surface area contributed by atoms with Crippen molar-refractivity contribution in [3.8, 4) is 0 Å². The molecule has 0 radical (unpaired) electrons. The van der Waals surface area contributed by atoms with Gasteiger partial charge in [0.25, 0.3) is 20.0 Å². The van der Waals surface area contributed by atoms with Crippen LogP contribution in [0.1, 0.15) is 60.8 Å². The minimum Gasteiger partial charge on any atom is -0.364 e. The summed E-state index contributed by atoms with van der Waals surface area (Å²) in [4.78, 5) is 2.26. The Morgan fingerprint density at radius 2 is 1.39 bits per heavy atom. The normalized spacial score (nSPS) is 18.6. The summed E-state index contributed by atoms with van der Waals surface area (Å²) in [5.41, 5.74) is 1.34. The second-order valence-electron chi connectivity index (χ2n) is 7.52. The van der Waals surface area contributed by atoms with Gasteiger partial charge < -0.3 is 4.90 Å². The summed E-state index contributed by atoms with van der Waals surface area (Å²) in [6.07, 6.45) is 3.27. The number of rotatable bonds is 6. The number of piperidine rings is 1. The highest BCUT2D eigenvalue weighted by molar-refractivity contribution is 7.96. The average Bonchev–Trinajstić information content (AvgIpc) is 3.30. The molecule has 10 heteroatoms. The van der Waals surface area contributed by atoms with E-state index in [9.17, 15) is 16.8 Å². The van der Waals surface area contributed by atoms with Gasteiger partial charge in [0.05, 0.1) is 11.4 Å². The third-order valence-electron chi connectivity index (χ3n) is 5.18. The minimum atomic E-state index is -3.92. The molecule has 2 atom stereocenters. The van der Waals surface area contributed by atoms with Crippen molar-refractivity contribution in [1.82, 2.24) is 4.31 Å². The van der Waals surface area contributed by atoms with Gasteiger partial charge in [0, 0.05) is 26.2 Å². The van der Waals surface area contributed by atoms with Crippen LogP contribution >= 0.6 is 11.3 Å². The monoisotopic (exact) mass is 517 g/mol. The summed E-state index contributed by atoms with van der Waals surface area (Å²) in [5, 5.41) is 0. The van der Waals surface area contributed by atoms with Gasteiger partial charge in [0.2, 0.25) is 0 Å². The number of nitrogens with zero attached hydrogens (tertiary/aromatic N) is 2. The number of nitrogens with one attached hydrogen (secondary N) is 1. The van der Waals surface area contributed by atoms with E-state index < -0.39 is 20.0 Å². The Balaban J connectivity index is 0.00000129. The van der Waals surface area contributed by atoms with Crippen molar-refractivity contribution in [2.75, 3.05) is 23.7 Å². The van der Waals surface area contributed by atoms with Crippen LogP contribution in [-0.2, 0) is 20.0 Å². The van der Waals surface area contributed by atoms with Crippen LogP contribution in [0.2, 0.25) is 0 Å². The lowest BCUT2D eigenvalue weighted by Gasteiger charge is -2.41. The molecule has 0 bridgehead atoms. The Morgan fingerprint density at radius 3 is 1.94 bits per heavy atom. The van der Waals surface area contributed by atoms with Crippen LogP contribution in [0.5, 0.6) is 0 Å². The van der Waals surface area contributed by atoms with Gasteiger partial charge in [-0.25, -0.2) is 21.1 Å². The van der Waals surface area contributed by atoms with Crippen LogP contribution < -0.4 is 9.62 Å². The molecule has 1 fully saturated rings. The molecule has 1 aliphatic heterocycles. The van der Waals surface area contributed by atoms with Crippen molar-refractivity contribution in [1.29, 1.82) is 0 Å². The molecule has 2 aromatic rings. The second-order valence-corrected chi connectivity index (χ2v) is 12.9. The number of benzene rings is 1. The zero-order valence-corrected chi connectivity index (χ0v) is 23.4. The van der Waals surface area contributed by atoms with Gasteiger partial charge in [-0.1, -0.05) is 39.8 Å². The number of sulfonamides is 2. The number of anilines is 2. The number of para-hydroxylation sites is 2. The molecule has 0 saturated carbocycles. The van der Waals surface area contributed by atoms with E-state index in [1.807, 2.05) is 39.8 Å². The van der Waals surface area contributed by atoms with Crippen LogP contribution in [-0.4, -0.2) is 47.3 Å². The van der Waals surface area contributed by atoms with Gasteiger partial charge >= 0.3 is 0 Å². The molecule has 0 aliphatic carbocycles. The lowest BCUT2D eigenvalue weighted by atomic mass is 9.96. The van der Waals surface area contributed by atoms with Crippen LogP contribution in [0.3, 0.4) is 0 Å². The summed E-state index contributed by atoms with van der Waals surface area (Å²) in [6.45, 7) is 12.3. The highest BCUT2D eigenvalue weighted by Gasteiger charge is 2.29. The Bertz CT molecular complexity index is 1070. The van der Waals surface area contributed by atoms with Gasteiger partial charge in [-0.15, -0.1) is 11.3 Å². The first-order valence-electron chi connectivity index (χ1n) is 11.5. The van der Waals surface area contributed by atoms with Crippen LogP contribution in [0, 0.1) is 0 Å². The molecule has 188 valence electrons. The first kappa shape index (κ1) is 29.4. The molecule has 3 rings (SSSR count). The molecule has 2 heterocycles. The zero-order chi connectivity index (χ0) is 25.4. The van der Waals surface area contributed by atoms with Crippen LogP contribution in [0.25, 0.3) is 0 Å². The Morgan fingerprint density at radius 1 is 0.879 bits per heavy atom. The first-order valence-corrected chi connectivity index (χ1v) is 15.2. The van der Waals surface area contributed by atoms with Gasteiger partial charge in [0.1, 0.15) is 8.42 Å². The van der Waals surface area contributed by atoms with Gasteiger partial charge in [0.15, 0.2) is 0 Å². The molecular weight excluding hydrogens is 478 g/mol. The highest BCUT2D eigenvalue weighted by Crippen LogP contribution is 2.36. The minimum absolute atomic E-state index is 0.00515. The maximum absolute atomic E-state index is 13.0. The summed E-state index contributed by atoms with van der Waals surface area (Å²) >= 11 is 0.743. The van der Waals surface area contributed by atoms with E-state index >= 15 is 0 Å². The molecule has 1 aromatic heterocycles. The molecular formula is C23H39N3O4S3. The van der Waals surface area contributed by atoms with E-state index in [0.29, 0.717) is 17.8 Å². The average molecular weight is 518 g/mol. The van der Waals surface area contributed by atoms with Crippen molar-refractivity contribution in [2.24, 2.45) is 0 Å². The summed E-state index contributed by atoms with van der Waals surface area (Å²) in [5.74, 6) is 0. The number of hydrogen-bond donors (Lipinski definition) is 1. The summed E-state index contributed by atoms with van der Waals surface area (Å²) < 4.78 is 54.2. The molecule has 0 spiro atoms. The smallest absolute Gasteiger partial charge is 0.271 e. The molecule has 2 unspecified atom stereocenters. The predicted molar refractivity (Wildman–Crippen MR) is 140 cm³/mol. The van der Waals surface area contributed by atoms with Crippen LogP contribution in [0.15, 0.2) is 44.8 Å². The van der Waals surface area contributed by atoms with Crippen molar-refractivity contribution >= 4 is 42.8 Å². The fourth-order valence-corrected chi connectivity index (χ4v) is 7.65. The molecule has 1 N–H and O–H groups in total. The fraction of sp³-hybridized carbons (Fsp3) is 0.565. The van der Waals surface area contributed by atoms with Crippen molar-refractivity contribution < 1.29 is 16.8 Å². The zero-order valence-electron chi connectivity index (χ0n) is 21.0. The molecule has 1 saturated heterocycles. The van der Waals surface area contributed by atoms with Crippen LogP contribution in [0.4, 0.5) is 11.4 Å². The molecule has 0 amide bonds. The Kier molecular flexibility index (Phi) is 11.3. The third-order valence-corrected chi connectivity index (χ3v) is 10.4. The largest absolute Gasteiger partial charge is 0.364 e. The van der Waals surface area contributed by atoms with Crippen molar-refractivity contribution in [3.63, 3.8) is 0 Å². The van der Waals surface area contributed by atoms with E-state index in [1.165, 1.54) is 26.2 Å². The standard InChI is InChI=1S/C19H27N3O4S3.2C2H6/c1-14-8-7-9-15(2)22(14)17-11-6-5-10-16(17)20-28(23,24)18-12-13-19(27-18)29(25,26)21(3)4;2*1-2/h5-6,10-15,20H,7-9H2,1-4H3;2*1-2H3. The second kappa shape index (κ2) is 12.7. The maximum Gasteiger partial charge on any atom is 0.271 e. The lowest BCUT2D eigenvalue weighted by molar-refractivity contribution is 0.415. The predicted octanol–water partition coefficient (Wildman–Crippen LogP) is 5.62. The number of hydrogen-bond acceptors (Lipinski definition) is 6. The summed E-state index contributed by atoms with van der Waals surface area (Å²) in [6, 6.07) is 10.6. The lowest BCUT2D eigenvalue weighted by Crippen LogP contribution is -2.44. The van der Waals surface area contributed by atoms with Gasteiger partial charge in [-0.2, -0.15) is 0 Å². The molecule has 7 nitrogen and oxygen atoms in total. The maximum atomic E-state index is 13.0. The summed E-state index contributed by atoms with van der Waals surface area (Å²) in [7, 11) is -4.76.